The molecule has 240 valence electrons. The Morgan fingerprint density at radius 2 is 0.706 bits per heavy atom. The Bertz CT molecular complexity index is 2740. The zero-order chi connectivity index (χ0) is 34.1. The van der Waals surface area contributed by atoms with Crippen molar-refractivity contribution in [2.45, 2.75) is 19.3 Å². The Labute approximate surface area is 297 Å². The molecule has 0 bridgehead atoms. The summed E-state index contributed by atoms with van der Waals surface area (Å²) in [6.07, 6.45) is 0. The highest BCUT2D eigenvalue weighted by molar-refractivity contribution is 6.08. The molecule has 1 aromatic heterocycles. The molecule has 0 saturated heterocycles. The third-order valence-corrected chi connectivity index (χ3v) is 10.8. The van der Waals surface area contributed by atoms with Crippen molar-refractivity contribution >= 4 is 32.3 Å². The normalized spacial score (nSPS) is 13.1. The zero-order valence-corrected chi connectivity index (χ0v) is 28.4. The molecule has 8 aromatic carbocycles. The first kappa shape index (κ1) is 29.5. The van der Waals surface area contributed by atoms with Gasteiger partial charge in [0.2, 0.25) is 0 Å². The third kappa shape index (κ3) is 4.55. The summed E-state index contributed by atoms with van der Waals surface area (Å²) in [5, 5.41) is 6.81. The van der Waals surface area contributed by atoms with E-state index < -0.39 is 0 Å². The molecule has 0 N–H and O–H groups in total. The number of aromatic nitrogens is 3. The van der Waals surface area contributed by atoms with Crippen LogP contribution in [0.1, 0.15) is 25.0 Å². The summed E-state index contributed by atoms with van der Waals surface area (Å²) in [5.74, 6) is 1.98. The summed E-state index contributed by atoms with van der Waals surface area (Å²) >= 11 is 0. The predicted octanol–water partition coefficient (Wildman–Crippen LogP) is 12.3. The van der Waals surface area contributed by atoms with Crippen molar-refractivity contribution in [3.8, 4) is 56.4 Å². The number of benzene rings is 8. The third-order valence-electron chi connectivity index (χ3n) is 10.8. The van der Waals surface area contributed by atoms with Gasteiger partial charge in [0.15, 0.2) is 17.5 Å². The Hall–Kier alpha value is -6.45. The van der Waals surface area contributed by atoms with Crippen LogP contribution in [0.25, 0.3) is 88.7 Å². The molecule has 0 amide bonds. The van der Waals surface area contributed by atoms with E-state index in [4.69, 9.17) is 15.0 Å². The molecule has 0 saturated carbocycles. The molecule has 3 nitrogen and oxygen atoms in total. The summed E-state index contributed by atoms with van der Waals surface area (Å²) in [6.45, 7) is 4.68. The largest absolute Gasteiger partial charge is 0.208 e. The molecule has 1 aliphatic rings. The molecule has 0 aliphatic heterocycles. The number of fused-ring (bicyclic) bond motifs is 6. The van der Waals surface area contributed by atoms with Crippen LogP contribution in [0.4, 0.5) is 0 Å². The molecule has 0 unspecified atom stereocenters. The van der Waals surface area contributed by atoms with Gasteiger partial charge in [-0.25, -0.2) is 15.0 Å². The second-order valence-electron chi connectivity index (χ2n) is 14.0. The molecular formula is C48H33N3. The molecule has 0 spiro atoms. The molecular weight excluding hydrogens is 619 g/mol. The van der Waals surface area contributed by atoms with Crippen LogP contribution in [0.15, 0.2) is 164 Å². The van der Waals surface area contributed by atoms with Gasteiger partial charge in [-0.15, -0.1) is 0 Å². The van der Waals surface area contributed by atoms with E-state index in [1.54, 1.807) is 0 Å². The number of nitrogens with zero attached hydrogens (tertiary/aromatic N) is 3. The van der Waals surface area contributed by atoms with E-state index in [1.807, 2.05) is 0 Å². The summed E-state index contributed by atoms with van der Waals surface area (Å²) in [5.41, 5.74) is 10.7. The average molecular weight is 652 g/mol. The number of hydrogen-bond acceptors (Lipinski definition) is 3. The van der Waals surface area contributed by atoms with Gasteiger partial charge in [0.05, 0.1) is 0 Å². The molecule has 1 heterocycles. The summed E-state index contributed by atoms with van der Waals surface area (Å²) in [7, 11) is 0. The fourth-order valence-electron chi connectivity index (χ4n) is 8.29. The van der Waals surface area contributed by atoms with Crippen molar-refractivity contribution in [3.05, 3.63) is 175 Å². The SMILES string of the molecule is CC1(C)c2ccccc2-c2c(-c3ccc(-c4nc(-c5cccc6ccccc56)nc(-c5cccc6ccccc56)n4)c4ccccc34)cccc21. The standard InChI is InChI=1S/C48H33N3/c1-48(2)42-26-10-9-22-41(42)44-37(23-13-27-43(44)48)36-28-29-40(35-21-8-7-20-34(35)36)47-50-45(38-24-11-16-30-14-3-5-18-32(30)38)49-46(51-47)39-25-12-17-31-15-4-6-19-33(31)39/h3-29H,1-2H3. The first-order chi connectivity index (χ1) is 25.1. The smallest absolute Gasteiger partial charge is 0.164 e. The highest BCUT2D eigenvalue weighted by Crippen LogP contribution is 2.53. The topological polar surface area (TPSA) is 38.7 Å². The number of hydrogen-bond donors (Lipinski definition) is 0. The molecule has 1 aliphatic carbocycles. The van der Waals surface area contributed by atoms with Crippen molar-refractivity contribution < 1.29 is 0 Å². The fourth-order valence-corrected chi connectivity index (χ4v) is 8.29. The van der Waals surface area contributed by atoms with Gasteiger partial charge in [-0.1, -0.05) is 172 Å². The van der Waals surface area contributed by atoms with Gasteiger partial charge >= 0.3 is 0 Å². The van der Waals surface area contributed by atoms with Crippen molar-refractivity contribution in [1.29, 1.82) is 0 Å². The Morgan fingerprint density at radius 3 is 1.33 bits per heavy atom. The number of rotatable bonds is 4. The minimum absolute atomic E-state index is 0.0709. The summed E-state index contributed by atoms with van der Waals surface area (Å²) in [6, 6.07) is 58.3. The Morgan fingerprint density at radius 1 is 0.314 bits per heavy atom. The van der Waals surface area contributed by atoms with Gasteiger partial charge in [-0.2, -0.15) is 0 Å². The molecule has 51 heavy (non-hydrogen) atoms. The fraction of sp³-hybridized carbons (Fsp3) is 0.0625. The van der Waals surface area contributed by atoms with Crippen LogP contribution in [-0.4, -0.2) is 15.0 Å². The first-order valence-corrected chi connectivity index (χ1v) is 17.5. The second-order valence-corrected chi connectivity index (χ2v) is 14.0. The van der Waals surface area contributed by atoms with Crippen LogP contribution in [0, 0.1) is 0 Å². The highest BCUT2D eigenvalue weighted by atomic mass is 15.0. The van der Waals surface area contributed by atoms with E-state index in [1.165, 1.54) is 38.8 Å². The van der Waals surface area contributed by atoms with Gasteiger partial charge in [0.1, 0.15) is 0 Å². The Kier molecular flexibility index (Phi) is 6.53. The van der Waals surface area contributed by atoms with E-state index in [0.717, 1.165) is 43.6 Å². The lowest BCUT2D eigenvalue weighted by Crippen LogP contribution is -2.14. The van der Waals surface area contributed by atoms with Crippen molar-refractivity contribution in [1.82, 2.24) is 15.0 Å². The van der Waals surface area contributed by atoms with E-state index in [-0.39, 0.29) is 5.41 Å². The minimum Gasteiger partial charge on any atom is -0.208 e. The maximum Gasteiger partial charge on any atom is 0.164 e. The van der Waals surface area contributed by atoms with Crippen LogP contribution in [-0.2, 0) is 5.41 Å². The average Bonchev–Trinajstić information content (AvgIpc) is 3.43. The summed E-state index contributed by atoms with van der Waals surface area (Å²) < 4.78 is 0. The van der Waals surface area contributed by atoms with Crippen LogP contribution >= 0.6 is 0 Å². The van der Waals surface area contributed by atoms with E-state index in [9.17, 15) is 0 Å². The van der Waals surface area contributed by atoms with Gasteiger partial charge in [-0.05, 0) is 71.8 Å². The van der Waals surface area contributed by atoms with Crippen LogP contribution in [0.5, 0.6) is 0 Å². The van der Waals surface area contributed by atoms with E-state index in [0.29, 0.717) is 17.5 Å². The van der Waals surface area contributed by atoms with E-state index in [2.05, 4.69) is 178 Å². The maximum absolute atomic E-state index is 5.27. The van der Waals surface area contributed by atoms with Gasteiger partial charge < -0.3 is 0 Å². The Balaban J connectivity index is 1.23. The van der Waals surface area contributed by atoms with E-state index >= 15 is 0 Å². The zero-order valence-electron chi connectivity index (χ0n) is 28.4. The molecule has 0 atom stereocenters. The molecule has 9 aromatic rings. The van der Waals surface area contributed by atoms with Crippen LogP contribution in [0.2, 0.25) is 0 Å². The molecule has 0 radical (unpaired) electrons. The first-order valence-electron chi connectivity index (χ1n) is 17.5. The van der Waals surface area contributed by atoms with Crippen LogP contribution in [0.3, 0.4) is 0 Å². The lowest BCUT2D eigenvalue weighted by atomic mass is 9.81. The highest BCUT2D eigenvalue weighted by Gasteiger charge is 2.36. The van der Waals surface area contributed by atoms with Crippen molar-refractivity contribution in [2.24, 2.45) is 0 Å². The monoisotopic (exact) mass is 651 g/mol. The second kappa shape index (κ2) is 11.3. The van der Waals surface area contributed by atoms with Gasteiger partial charge in [-0.3, -0.25) is 0 Å². The van der Waals surface area contributed by atoms with Gasteiger partial charge in [0.25, 0.3) is 0 Å². The van der Waals surface area contributed by atoms with Crippen molar-refractivity contribution in [3.63, 3.8) is 0 Å². The maximum atomic E-state index is 5.27. The van der Waals surface area contributed by atoms with Gasteiger partial charge in [0, 0.05) is 22.1 Å². The van der Waals surface area contributed by atoms with Crippen molar-refractivity contribution in [2.75, 3.05) is 0 Å². The predicted molar refractivity (Wildman–Crippen MR) is 212 cm³/mol. The lowest BCUT2D eigenvalue weighted by Gasteiger charge is -2.21. The quantitative estimate of drug-likeness (QED) is 0.190. The lowest BCUT2D eigenvalue weighted by molar-refractivity contribution is 0.660. The van der Waals surface area contributed by atoms with Crippen LogP contribution < -0.4 is 0 Å². The molecule has 0 fully saturated rings. The minimum atomic E-state index is -0.0709. The summed E-state index contributed by atoms with van der Waals surface area (Å²) in [4.78, 5) is 15.7. The molecule has 10 rings (SSSR count). The molecule has 3 heteroatoms.